The van der Waals surface area contributed by atoms with Crippen LogP contribution in [0.3, 0.4) is 0 Å². The zero-order valence-electron chi connectivity index (χ0n) is 17.7. The van der Waals surface area contributed by atoms with Gasteiger partial charge in [-0.1, -0.05) is 5.16 Å². The van der Waals surface area contributed by atoms with Gasteiger partial charge in [-0.05, 0) is 37.3 Å². The SMILES string of the molecule is CCOc1ccc(C(=O)N2CCN(Cc3nc(-c4ccc(OC)cc4)no3)CC2)cn1. The van der Waals surface area contributed by atoms with E-state index >= 15 is 0 Å². The molecule has 0 aliphatic carbocycles. The van der Waals surface area contributed by atoms with Crippen molar-refractivity contribution in [3.63, 3.8) is 0 Å². The van der Waals surface area contributed by atoms with Gasteiger partial charge in [-0.3, -0.25) is 9.69 Å². The van der Waals surface area contributed by atoms with Crippen molar-refractivity contribution in [2.45, 2.75) is 13.5 Å². The molecule has 1 aliphatic rings. The van der Waals surface area contributed by atoms with Crippen LogP contribution >= 0.6 is 0 Å². The fourth-order valence-electron chi connectivity index (χ4n) is 3.40. The first-order valence-electron chi connectivity index (χ1n) is 10.2. The number of pyridine rings is 1. The Hall–Kier alpha value is -3.46. The quantitative estimate of drug-likeness (QED) is 0.572. The topological polar surface area (TPSA) is 93.8 Å². The number of benzene rings is 1. The Balaban J connectivity index is 1.30. The second-order valence-corrected chi connectivity index (χ2v) is 7.13. The van der Waals surface area contributed by atoms with Crippen molar-refractivity contribution in [3.05, 3.63) is 54.0 Å². The number of piperazine rings is 1. The molecule has 0 N–H and O–H groups in total. The van der Waals surface area contributed by atoms with E-state index in [0.29, 0.717) is 49.4 Å². The number of amides is 1. The maximum absolute atomic E-state index is 12.7. The number of hydrogen-bond acceptors (Lipinski definition) is 8. The van der Waals surface area contributed by atoms with Gasteiger partial charge >= 0.3 is 0 Å². The third-order valence-electron chi connectivity index (χ3n) is 5.11. The molecule has 0 unspecified atom stereocenters. The lowest BCUT2D eigenvalue weighted by atomic mass is 10.2. The molecule has 162 valence electrons. The van der Waals surface area contributed by atoms with Crippen LogP contribution in [-0.2, 0) is 6.54 Å². The van der Waals surface area contributed by atoms with Gasteiger partial charge in [-0.15, -0.1) is 0 Å². The summed E-state index contributed by atoms with van der Waals surface area (Å²) in [6, 6.07) is 11.0. The summed E-state index contributed by atoms with van der Waals surface area (Å²) in [6.07, 6.45) is 1.57. The first-order valence-corrected chi connectivity index (χ1v) is 10.2. The summed E-state index contributed by atoms with van der Waals surface area (Å²) in [5.74, 6) is 2.39. The Labute approximate surface area is 180 Å². The number of ether oxygens (including phenoxy) is 2. The molecule has 2 aromatic heterocycles. The highest BCUT2D eigenvalue weighted by molar-refractivity contribution is 5.94. The molecular formula is C22H25N5O4. The van der Waals surface area contributed by atoms with Crippen molar-refractivity contribution in [1.82, 2.24) is 24.9 Å². The van der Waals surface area contributed by atoms with Crippen molar-refractivity contribution in [2.75, 3.05) is 39.9 Å². The average molecular weight is 423 g/mol. The number of nitrogens with zero attached hydrogens (tertiary/aromatic N) is 5. The molecule has 0 saturated carbocycles. The highest BCUT2D eigenvalue weighted by atomic mass is 16.5. The van der Waals surface area contributed by atoms with Crippen LogP contribution in [0.25, 0.3) is 11.4 Å². The predicted molar refractivity (Wildman–Crippen MR) is 113 cm³/mol. The van der Waals surface area contributed by atoms with E-state index in [1.807, 2.05) is 36.1 Å². The third-order valence-corrected chi connectivity index (χ3v) is 5.11. The standard InChI is InChI=1S/C22H25N5O4/c1-3-30-19-9-6-17(14-23-19)22(28)27-12-10-26(11-13-27)15-20-24-21(25-31-20)16-4-7-18(29-2)8-5-16/h4-9,14H,3,10-13,15H2,1-2H3. The fraction of sp³-hybridized carbons (Fsp3) is 0.364. The van der Waals surface area contributed by atoms with Gasteiger partial charge in [-0.2, -0.15) is 4.98 Å². The largest absolute Gasteiger partial charge is 0.497 e. The minimum absolute atomic E-state index is 0.0187. The van der Waals surface area contributed by atoms with Crippen molar-refractivity contribution in [3.8, 4) is 23.0 Å². The van der Waals surface area contributed by atoms with E-state index in [0.717, 1.165) is 24.4 Å². The van der Waals surface area contributed by atoms with Crippen LogP contribution in [0.15, 0.2) is 47.1 Å². The molecule has 3 heterocycles. The molecule has 1 fully saturated rings. The van der Waals surface area contributed by atoms with Crippen molar-refractivity contribution in [2.24, 2.45) is 0 Å². The molecule has 0 atom stereocenters. The molecule has 31 heavy (non-hydrogen) atoms. The maximum atomic E-state index is 12.7. The predicted octanol–water partition coefficient (Wildman–Crippen LogP) is 2.50. The first kappa shape index (κ1) is 20.8. The summed E-state index contributed by atoms with van der Waals surface area (Å²) >= 11 is 0. The fourth-order valence-corrected chi connectivity index (χ4v) is 3.40. The lowest BCUT2D eigenvalue weighted by Gasteiger charge is -2.33. The molecule has 0 radical (unpaired) electrons. The Kier molecular flexibility index (Phi) is 6.42. The molecule has 1 amide bonds. The second-order valence-electron chi connectivity index (χ2n) is 7.13. The summed E-state index contributed by atoms with van der Waals surface area (Å²) in [5, 5.41) is 4.08. The summed E-state index contributed by atoms with van der Waals surface area (Å²) in [6.45, 7) is 5.72. The zero-order valence-corrected chi connectivity index (χ0v) is 17.7. The molecular weight excluding hydrogens is 398 g/mol. The Morgan fingerprint density at radius 3 is 2.52 bits per heavy atom. The minimum atomic E-state index is -0.0187. The Morgan fingerprint density at radius 2 is 1.87 bits per heavy atom. The van der Waals surface area contributed by atoms with E-state index in [1.54, 1.807) is 25.4 Å². The summed E-state index contributed by atoms with van der Waals surface area (Å²) < 4.78 is 15.9. The van der Waals surface area contributed by atoms with Crippen LogP contribution in [-0.4, -0.2) is 70.7 Å². The molecule has 0 spiro atoms. The molecule has 1 aromatic carbocycles. The van der Waals surface area contributed by atoms with Gasteiger partial charge in [0.15, 0.2) is 0 Å². The molecule has 9 nitrogen and oxygen atoms in total. The maximum Gasteiger partial charge on any atom is 0.255 e. The number of carbonyl (C=O) groups excluding carboxylic acids is 1. The van der Waals surface area contributed by atoms with Crippen LogP contribution < -0.4 is 9.47 Å². The number of carbonyl (C=O) groups is 1. The Bertz CT molecular complexity index is 996. The smallest absolute Gasteiger partial charge is 0.255 e. The van der Waals surface area contributed by atoms with Crippen LogP contribution in [0, 0.1) is 0 Å². The van der Waals surface area contributed by atoms with Gasteiger partial charge < -0.3 is 18.9 Å². The van der Waals surface area contributed by atoms with Gasteiger partial charge in [0.25, 0.3) is 5.91 Å². The monoisotopic (exact) mass is 423 g/mol. The first-order chi connectivity index (χ1) is 15.2. The molecule has 4 rings (SSSR count). The van der Waals surface area contributed by atoms with Crippen LogP contribution in [0.2, 0.25) is 0 Å². The van der Waals surface area contributed by atoms with Gasteiger partial charge in [0.2, 0.25) is 17.6 Å². The van der Waals surface area contributed by atoms with E-state index in [2.05, 4.69) is 20.0 Å². The number of hydrogen-bond donors (Lipinski definition) is 0. The summed E-state index contributed by atoms with van der Waals surface area (Å²) in [4.78, 5) is 25.4. The number of rotatable bonds is 7. The molecule has 1 saturated heterocycles. The van der Waals surface area contributed by atoms with Crippen LogP contribution in [0.5, 0.6) is 11.6 Å². The van der Waals surface area contributed by atoms with Gasteiger partial charge in [0.1, 0.15) is 5.75 Å². The van der Waals surface area contributed by atoms with E-state index in [9.17, 15) is 4.79 Å². The number of methoxy groups -OCH3 is 1. The molecule has 0 bridgehead atoms. The minimum Gasteiger partial charge on any atom is -0.497 e. The van der Waals surface area contributed by atoms with E-state index in [-0.39, 0.29) is 5.91 Å². The van der Waals surface area contributed by atoms with E-state index in [4.69, 9.17) is 14.0 Å². The lowest BCUT2D eigenvalue weighted by Crippen LogP contribution is -2.48. The molecule has 9 heteroatoms. The van der Waals surface area contributed by atoms with Crippen molar-refractivity contribution < 1.29 is 18.8 Å². The van der Waals surface area contributed by atoms with Crippen molar-refractivity contribution >= 4 is 5.91 Å². The normalized spacial score (nSPS) is 14.5. The van der Waals surface area contributed by atoms with Gasteiger partial charge in [0, 0.05) is 44.0 Å². The summed E-state index contributed by atoms with van der Waals surface area (Å²) in [5.41, 5.74) is 1.44. The average Bonchev–Trinajstić information content (AvgIpc) is 3.28. The number of aromatic nitrogens is 3. The van der Waals surface area contributed by atoms with Gasteiger partial charge in [-0.25, -0.2) is 4.98 Å². The van der Waals surface area contributed by atoms with E-state index < -0.39 is 0 Å². The highest BCUT2D eigenvalue weighted by Crippen LogP contribution is 2.20. The van der Waals surface area contributed by atoms with E-state index in [1.165, 1.54) is 0 Å². The Morgan fingerprint density at radius 1 is 1.10 bits per heavy atom. The van der Waals surface area contributed by atoms with Crippen LogP contribution in [0.4, 0.5) is 0 Å². The van der Waals surface area contributed by atoms with Crippen LogP contribution in [0.1, 0.15) is 23.2 Å². The molecule has 3 aromatic rings. The summed E-state index contributed by atoms with van der Waals surface area (Å²) in [7, 11) is 1.63. The second kappa shape index (κ2) is 9.57. The zero-order chi connectivity index (χ0) is 21.6. The lowest BCUT2D eigenvalue weighted by molar-refractivity contribution is 0.0614. The van der Waals surface area contributed by atoms with Gasteiger partial charge in [0.05, 0.1) is 25.8 Å². The molecule has 1 aliphatic heterocycles. The van der Waals surface area contributed by atoms with Crippen molar-refractivity contribution in [1.29, 1.82) is 0 Å². The third kappa shape index (κ3) is 5.00. The highest BCUT2D eigenvalue weighted by Gasteiger charge is 2.24.